The molecule has 2 aromatic rings. The van der Waals surface area contributed by atoms with Crippen LogP contribution in [0, 0.1) is 5.82 Å². The largest absolute Gasteiger partial charge is 0.495 e. The summed E-state index contributed by atoms with van der Waals surface area (Å²) in [5.74, 6) is 0.855. The number of sulfonamides is 1. The number of aromatic nitrogens is 2. The van der Waals surface area contributed by atoms with Crippen LogP contribution in [0.1, 0.15) is 29.4 Å². The molecular formula is C20H26FN5O3S. The van der Waals surface area contributed by atoms with Gasteiger partial charge in [-0.2, -0.15) is 4.31 Å². The van der Waals surface area contributed by atoms with Crippen LogP contribution in [0.5, 0.6) is 5.75 Å². The van der Waals surface area contributed by atoms with Crippen LogP contribution < -0.4 is 10.1 Å². The molecule has 1 N–H and O–H groups in total. The smallest absolute Gasteiger partial charge is 0.246 e. The van der Waals surface area contributed by atoms with E-state index in [-0.39, 0.29) is 23.1 Å². The van der Waals surface area contributed by atoms with Gasteiger partial charge in [-0.25, -0.2) is 22.8 Å². The lowest BCUT2D eigenvalue weighted by Gasteiger charge is -2.26. The van der Waals surface area contributed by atoms with Crippen LogP contribution in [-0.2, 0) is 23.0 Å². The minimum atomic E-state index is -3.90. The Morgan fingerprint density at radius 1 is 1.27 bits per heavy atom. The number of rotatable bonds is 5. The van der Waals surface area contributed by atoms with Gasteiger partial charge in [0.25, 0.3) is 0 Å². The number of anilines is 1. The van der Waals surface area contributed by atoms with E-state index in [4.69, 9.17) is 14.7 Å². The van der Waals surface area contributed by atoms with Crippen molar-refractivity contribution in [3.8, 4) is 5.75 Å². The molecule has 3 heterocycles. The van der Waals surface area contributed by atoms with Crippen molar-refractivity contribution in [3.63, 3.8) is 0 Å². The molecule has 4 rings (SSSR count). The SMILES string of the molecule is CNc1nc([C@@H]2CCN(S(=O)(=O)c3cc(F)ccc3OC)C2)nc2c1CCN(C)C2. The molecule has 8 nitrogen and oxygen atoms in total. The lowest BCUT2D eigenvalue weighted by molar-refractivity contribution is 0.306. The van der Waals surface area contributed by atoms with Crippen molar-refractivity contribution in [2.24, 2.45) is 0 Å². The number of methoxy groups -OCH3 is 1. The standard InChI is InChI=1S/C20H26FN5O3S/c1-22-20-15-7-8-25(2)12-16(15)23-19(24-20)13-6-9-26(11-13)30(27,28)18-10-14(21)4-5-17(18)29-3/h4-5,10,13H,6-9,11-12H2,1-3H3,(H,22,23,24)/t13-/m1/s1. The van der Waals surface area contributed by atoms with Crippen LogP contribution in [0.15, 0.2) is 23.1 Å². The van der Waals surface area contributed by atoms with E-state index >= 15 is 0 Å². The van der Waals surface area contributed by atoms with E-state index in [0.29, 0.717) is 18.8 Å². The Bertz CT molecular complexity index is 1060. The fourth-order valence-corrected chi connectivity index (χ4v) is 5.79. The molecule has 0 unspecified atom stereocenters. The third kappa shape index (κ3) is 3.75. The molecule has 30 heavy (non-hydrogen) atoms. The number of fused-ring (bicyclic) bond motifs is 1. The second kappa shape index (κ2) is 8.09. The van der Waals surface area contributed by atoms with Gasteiger partial charge in [0.2, 0.25) is 10.0 Å². The monoisotopic (exact) mass is 435 g/mol. The first-order chi connectivity index (χ1) is 14.3. The van der Waals surface area contributed by atoms with E-state index in [2.05, 4.69) is 17.3 Å². The summed E-state index contributed by atoms with van der Waals surface area (Å²) in [6, 6.07) is 3.52. The molecule has 1 atom stereocenters. The van der Waals surface area contributed by atoms with Crippen LogP contribution >= 0.6 is 0 Å². The highest BCUT2D eigenvalue weighted by molar-refractivity contribution is 7.89. The number of nitrogens with one attached hydrogen (secondary N) is 1. The third-order valence-electron chi connectivity index (χ3n) is 5.77. The zero-order valence-electron chi connectivity index (χ0n) is 17.4. The number of nitrogens with zero attached hydrogens (tertiary/aromatic N) is 4. The van der Waals surface area contributed by atoms with Gasteiger partial charge in [-0.1, -0.05) is 0 Å². The summed E-state index contributed by atoms with van der Waals surface area (Å²) < 4.78 is 46.6. The Hall–Kier alpha value is -2.30. The first-order valence-electron chi connectivity index (χ1n) is 9.93. The normalized spacial score (nSPS) is 20.2. The maximum absolute atomic E-state index is 13.7. The number of benzene rings is 1. The van der Waals surface area contributed by atoms with Crippen molar-refractivity contribution in [3.05, 3.63) is 41.1 Å². The number of likely N-dealkylation sites (N-methyl/N-ethyl adjacent to an activating group) is 1. The van der Waals surface area contributed by atoms with Gasteiger partial charge in [-0.15, -0.1) is 0 Å². The van der Waals surface area contributed by atoms with Crippen LogP contribution in [-0.4, -0.2) is 68.4 Å². The summed E-state index contributed by atoms with van der Waals surface area (Å²) in [7, 11) is 1.37. The average molecular weight is 436 g/mol. The number of hydrogen-bond donors (Lipinski definition) is 1. The van der Waals surface area contributed by atoms with Crippen molar-refractivity contribution in [1.82, 2.24) is 19.2 Å². The van der Waals surface area contributed by atoms with Gasteiger partial charge in [-0.05, 0) is 38.1 Å². The molecule has 0 spiro atoms. The highest BCUT2D eigenvalue weighted by Gasteiger charge is 2.37. The predicted octanol–water partition coefficient (Wildman–Crippen LogP) is 1.83. The minimum Gasteiger partial charge on any atom is -0.495 e. The molecule has 0 amide bonds. The third-order valence-corrected chi connectivity index (χ3v) is 7.66. The van der Waals surface area contributed by atoms with Crippen LogP contribution in [0.4, 0.5) is 10.2 Å². The summed E-state index contributed by atoms with van der Waals surface area (Å²) >= 11 is 0. The Morgan fingerprint density at radius 2 is 2.07 bits per heavy atom. The summed E-state index contributed by atoms with van der Waals surface area (Å²) in [5.41, 5.74) is 2.12. The Kier molecular flexibility index (Phi) is 5.65. The molecular weight excluding hydrogens is 409 g/mol. The van der Waals surface area contributed by atoms with Crippen molar-refractivity contribution in [2.75, 3.05) is 46.2 Å². The zero-order valence-corrected chi connectivity index (χ0v) is 18.2. The molecule has 1 aromatic carbocycles. The van der Waals surface area contributed by atoms with Crippen molar-refractivity contribution < 1.29 is 17.5 Å². The molecule has 10 heteroatoms. The highest BCUT2D eigenvalue weighted by atomic mass is 32.2. The van der Waals surface area contributed by atoms with Gasteiger partial charge in [0.05, 0.1) is 12.8 Å². The summed E-state index contributed by atoms with van der Waals surface area (Å²) in [4.78, 5) is 11.5. The molecule has 2 aliphatic rings. The van der Waals surface area contributed by atoms with Gasteiger partial charge in [0.15, 0.2) is 0 Å². The molecule has 0 radical (unpaired) electrons. The molecule has 162 valence electrons. The zero-order chi connectivity index (χ0) is 21.5. The van der Waals surface area contributed by atoms with Gasteiger partial charge in [0, 0.05) is 44.7 Å². The average Bonchev–Trinajstić information content (AvgIpc) is 3.24. The lowest BCUT2D eigenvalue weighted by atomic mass is 10.0. The number of ether oxygens (including phenoxy) is 1. The van der Waals surface area contributed by atoms with E-state index in [1.807, 2.05) is 7.05 Å². The lowest BCUT2D eigenvalue weighted by Crippen LogP contribution is -2.30. The Labute approximate surface area is 176 Å². The summed E-state index contributed by atoms with van der Waals surface area (Å²) in [6.07, 6.45) is 1.49. The van der Waals surface area contributed by atoms with E-state index < -0.39 is 15.8 Å². The Balaban J connectivity index is 1.62. The molecule has 1 saturated heterocycles. The second-order valence-corrected chi connectivity index (χ2v) is 9.64. The van der Waals surface area contributed by atoms with E-state index in [9.17, 15) is 12.8 Å². The molecule has 0 bridgehead atoms. The van der Waals surface area contributed by atoms with Crippen LogP contribution in [0.3, 0.4) is 0 Å². The molecule has 2 aliphatic heterocycles. The van der Waals surface area contributed by atoms with Crippen molar-refractivity contribution in [1.29, 1.82) is 0 Å². The fraction of sp³-hybridized carbons (Fsp3) is 0.500. The predicted molar refractivity (Wildman–Crippen MR) is 111 cm³/mol. The summed E-state index contributed by atoms with van der Waals surface area (Å²) in [5, 5.41) is 3.16. The minimum absolute atomic E-state index is 0.121. The van der Waals surface area contributed by atoms with Crippen LogP contribution in [0.25, 0.3) is 0 Å². The first kappa shape index (κ1) is 21.0. The topological polar surface area (TPSA) is 87.7 Å². The van der Waals surface area contributed by atoms with Crippen molar-refractivity contribution in [2.45, 2.75) is 30.2 Å². The Morgan fingerprint density at radius 3 is 2.80 bits per heavy atom. The van der Waals surface area contributed by atoms with Gasteiger partial charge in [-0.3, -0.25) is 0 Å². The van der Waals surface area contributed by atoms with E-state index in [1.165, 1.54) is 23.5 Å². The maximum Gasteiger partial charge on any atom is 0.246 e. The molecule has 1 aromatic heterocycles. The highest BCUT2D eigenvalue weighted by Crippen LogP contribution is 2.34. The quantitative estimate of drug-likeness (QED) is 0.767. The second-order valence-electron chi connectivity index (χ2n) is 7.74. The van der Waals surface area contributed by atoms with Crippen molar-refractivity contribution >= 4 is 15.8 Å². The number of halogens is 1. The van der Waals surface area contributed by atoms with Gasteiger partial charge >= 0.3 is 0 Å². The fourth-order valence-electron chi connectivity index (χ4n) is 4.12. The molecule has 0 saturated carbocycles. The molecule has 0 aliphatic carbocycles. The number of hydrogen-bond acceptors (Lipinski definition) is 7. The van der Waals surface area contributed by atoms with E-state index in [0.717, 1.165) is 42.7 Å². The van der Waals surface area contributed by atoms with Gasteiger partial charge < -0.3 is 15.0 Å². The van der Waals surface area contributed by atoms with Crippen LogP contribution in [0.2, 0.25) is 0 Å². The first-order valence-corrected chi connectivity index (χ1v) is 11.4. The van der Waals surface area contributed by atoms with E-state index in [1.54, 1.807) is 0 Å². The van der Waals surface area contributed by atoms with Gasteiger partial charge in [0.1, 0.15) is 28.1 Å². The summed E-state index contributed by atoms with van der Waals surface area (Å²) in [6.45, 7) is 2.27. The maximum atomic E-state index is 13.7. The molecule has 1 fully saturated rings.